The molecular weight excluding hydrogens is 214 g/mol. The lowest BCUT2D eigenvalue weighted by atomic mass is 10.2. The molecule has 1 aromatic heterocycles. The van der Waals surface area contributed by atoms with Crippen LogP contribution in [0, 0.1) is 5.82 Å². The quantitative estimate of drug-likeness (QED) is 0.636. The van der Waals surface area contributed by atoms with Gasteiger partial charge >= 0.3 is 0 Å². The van der Waals surface area contributed by atoms with Crippen LogP contribution in [0.3, 0.4) is 0 Å². The normalized spacial score (nSPS) is 9.69. The summed E-state index contributed by atoms with van der Waals surface area (Å²) in [6.07, 6.45) is 1.31. The van der Waals surface area contributed by atoms with Gasteiger partial charge in [-0.25, -0.2) is 14.4 Å². The molecule has 1 aromatic carbocycles. The summed E-state index contributed by atoms with van der Waals surface area (Å²) >= 11 is 5.67. The van der Waals surface area contributed by atoms with Crippen LogP contribution >= 0.6 is 24.0 Å². The van der Waals surface area contributed by atoms with Crippen molar-refractivity contribution in [3.63, 3.8) is 0 Å². The van der Waals surface area contributed by atoms with Crippen molar-refractivity contribution < 1.29 is 4.39 Å². The van der Waals surface area contributed by atoms with Gasteiger partial charge in [0.05, 0.1) is 10.9 Å². The third kappa shape index (κ3) is 1.71. The molecule has 5 heteroatoms. The van der Waals surface area contributed by atoms with Gasteiger partial charge in [-0.2, -0.15) is 0 Å². The van der Waals surface area contributed by atoms with Crippen molar-refractivity contribution in [1.82, 2.24) is 9.97 Å². The molecule has 2 nitrogen and oxygen atoms in total. The Labute approximate surface area is 85.2 Å². The number of rotatable bonds is 0. The molecule has 0 bridgehead atoms. The molecule has 0 saturated carbocycles. The fourth-order valence-electron chi connectivity index (χ4n) is 1.03. The smallest absolute Gasteiger partial charge is 0.143 e. The zero-order chi connectivity index (χ0) is 8.55. The molecule has 0 aliphatic carbocycles. The lowest BCUT2D eigenvalue weighted by molar-refractivity contribution is 0.639. The maximum absolute atomic E-state index is 13.1. The lowest BCUT2D eigenvalue weighted by Crippen LogP contribution is -1.86. The Hall–Kier alpha value is -0.930. The van der Waals surface area contributed by atoms with E-state index in [0.717, 1.165) is 0 Å². The molecule has 0 atom stereocenters. The zero-order valence-electron chi connectivity index (χ0n) is 6.37. The van der Waals surface area contributed by atoms with Crippen LogP contribution in [-0.2, 0) is 0 Å². The van der Waals surface area contributed by atoms with Crippen LogP contribution in [0.1, 0.15) is 0 Å². The number of aromatic nitrogens is 2. The molecule has 0 N–H and O–H groups in total. The summed E-state index contributed by atoms with van der Waals surface area (Å²) in [7, 11) is 0. The van der Waals surface area contributed by atoms with Gasteiger partial charge < -0.3 is 0 Å². The van der Waals surface area contributed by atoms with E-state index in [4.69, 9.17) is 11.6 Å². The molecule has 2 aromatic rings. The molecule has 0 unspecified atom stereocenters. The van der Waals surface area contributed by atoms with Gasteiger partial charge in [-0.1, -0.05) is 17.7 Å². The molecule has 1 heterocycles. The largest absolute Gasteiger partial charge is 0.236 e. The van der Waals surface area contributed by atoms with E-state index in [1.165, 1.54) is 12.4 Å². The van der Waals surface area contributed by atoms with Crippen LogP contribution in [0.2, 0.25) is 5.15 Å². The third-order valence-electron chi connectivity index (χ3n) is 1.57. The van der Waals surface area contributed by atoms with Crippen molar-refractivity contribution in [2.24, 2.45) is 0 Å². The molecule has 0 aliphatic heterocycles. The summed E-state index contributed by atoms with van der Waals surface area (Å²) in [5.41, 5.74) is 0.523. The highest BCUT2D eigenvalue weighted by molar-refractivity contribution is 6.34. The van der Waals surface area contributed by atoms with E-state index >= 15 is 0 Å². The number of hydrogen-bond donors (Lipinski definition) is 0. The Kier molecular flexibility index (Phi) is 3.01. The van der Waals surface area contributed by atoms with Gasteiger partial charge in [0.2, 0.25) is 0 Å². The minimum Gasteiger partial charge on any atom is -0.236 e. The fraction of sp³-hybridized carbons (Fsp3) is 0. The highest BCUT2D eigenvalue weighted by Gasteiger charge is 2.04. The van der Waals surface area contributed by atoms with Crippen LogP contribution in [0.5, 0.6) is 0 Å². The van der Waals surface area contributed by atoms with Crippen molar-refractivity contribution in [3.05, 3.63) is 35.5 Å². The zero-order valence-corrected chi connectivity index (χ0v) is 7.94. The molecule has 0 fully saturated rings. The average molecular weight is 219 g/mol. The number of nitrogens with zero attached hydrogens (tertiary/aromatic N) is 2. The molecule has 68 valence electrons. The van der Waals surface area contributed by atoms with E-state index in [1.807, 2.05) is 0 Å². The first-order chi connectivity index (χ1) is 5.79. The summed E-state index contributed by atoms with van der Waals surface area (Å²) in [5.74, 6) is -0.391. The third-order valence-corrected chi connectivity index (χ3v) is 1.85. The standard InChI is InChI=1S/C8H4ClFN2.ClH/c9-8-7-5(10)2-1-3-6(7)11-4-12-8;/h1-4H;1H. The first-order valence-electron chi connectivity index (χ1n) is 3.34. The molecule has 0 saturated heterocycles. The summed E-state index contributed by atoms with van der Waals surface area (Å²) in [6.45, 7) is 0. The van der Waals surface area contributed by atoms with Gasteiger partial charge in [0.15, 0.2) is 0 Å². The Balaban J connectivity index is 0.000000845. The van der Waals surface area contributed by atoms with Gasteiger partial charge in [0, 0.05) is 0 Å². The first kappa shape index (κ1) is 10.2. The van der Waals surface area contributed by atoms with Gasteiger partial charge in [-0.15, -0.1) is 12.4 Å². The van der Waals surface area contributed by atoms with Crippen LogP contribution in [0.4, 0.5) is 4.39 Å². The van der Waals surface area contributed by atoms with E-state index in [-0.39, 0.29) is 22.9 Å². The van der Waals surface area contributed by atoms with Crippen molar-refractivity contribution in [2.45, 2.75) is 0 Å². The summed E-state index contributed by atoms with van der Waals surface area (Å²) in [4.78, 5) is 7.55. The Morgan fingerprint density at radius 2 is 2.00 bits per heavy atom. The second kappa shape index (κ2) is 3.85. The molecule has 0 spiro atoms. The van der Waals surface area contributed by atoms with E-state index in [2.05, 4.69) is 9.97 Å². The topological polar surface area (TPSA) is 25.8 Å². The number of benzene rings is 1. The van der Waals surface area contributed by atoms with Crippen LogP contribution in [-0.4, -0.2) is 9.97 Å². The van der Waals surface area contributed by atoms with Gasteiger partial charge in [0.25, 0.3) is 0 Å². The second-order valence-corrected chi connectivity index (χ2v) is 2.66. The van der Waals surface area contributed by atoms with E-state index in [9.17, 15) is 4.39 Å². The first-order valence-corrected chi connectivity index (χ1v) is 3.71. The van der Waals surface area contributed by atoms with E-state index in [1.54, 1.807) is 12.1 Å². The highest BCUT2D eigenvalue weighted by Crippen LogP contribution is 2.21. The number of halogens is 3. The molecule has 2 rings (SSSR count). The molecule has 0 amide bonds. The molecular formula is C8H5Cl2FN2. The highest BCUT2D eigenvalue weighted by atomic mass is 35.5. The Morgan fingerprint density at radius 1 is 1.23 bits per heavy atom. The monoisotopic (exact) mass is 218 g/mol. The summed E-state index contributed by atoms with van der Waals surface area (Å²) in [6, 6.07) is 4.60. The van der Waals surface area contributed by atoms with Crippen molar-refractivity contribution >= 4 is 34.9 Å². The van der Waals surface area contributed by atoms with Crippen molar-refractivity contribution in [1.29, 1.82) is 0 Å². The predicted molar refractivity (Wildman–Crippen MR) is 51.8 cm³/mol. The fourth-order valence-corrected chi connectivity index (χ4v) is 1.26. The van der Waals surface area contributed by atoms with Crippen LogP contribution in [0.25, 0.3) is 10.9 Å². The average Bonchev–Trinajstić information content (AvgIpc) is 2.04. The van der Waals surface area contributed by atoms with E-state index in [0.29, 0.717) is 5.52 Å². The van der Waals surface area contributed by atoms with Gasteiger partial charge in [-0.05, 0) is 12.1 Å². The second-order valence-electron chi connectivity index (χ2n) is 2.30. The van der Waals surface area contributed by atoms with Crippen molar-refractivity contribution in [2.75, 3.05) is 0 Å². The summed E-state index contributed by atoms with van der Waals surface area (Å²) in [5, 5.41) is 0.430. The predicted octanol–water partition coefficient (Wildman–Crippen LogP) is 2.84. The van der Waals surface area contributed by atoms with Gasteiger partial charge in [-0.3, -0.25) is 0 Å². The van der Waals surface area contributed by atoms with Crippen LogP contribution < -0.4 is 0 Å². The maximum atomic E-state index is 13.1. The van der Waals surface area contributed by atoms with Crippen molar-refractivity contribution in [3.8, 4) is 0 Å². The van der Waals surface area contributed by atoms with Gasteiger partial charge in [0.1, 0.15) is 17.3 Å². The Morgan fingerprint density at radius 3 is 2.69 bits per heavy atom. The van der Waals surface area contributed by atoms with E-state index < -0.39 is 5.82 Å². The van der Waals surface area contributed by atoms with Crippen LogP contribution in [0.15, 0.2) is 24.5 Å². The minimum absolute atomic E-state index is 0. The number of hydrogen-bond acceptors (Lipinski definition) is 2. The Bertz CT molecular complexity index is 397. The minimum atomic E-state index is -0.391. The number of fused-ring (bicyclic) bond motifs is 1. The molecule has 0 aliphatic rings. The lowest BCUT2D eigenvalue weighted by Gasteiger charge is -1.97. The maximum Gasteiger partial charge on any atom is 0.143 e. The summed E-state index contributed by atoms with van der Waals surface area (Å²) < 4.78 is 13.1. The molecule has 13 heavy (non-hydrogen) atoms. The molecule has 0 radical (unpaired) electrons. The SMILES string of the molecule is Cl.Fc1cccc2ncnc(Cl)c12.